The molecule has 5 heterocycles. The molecule has 166 valence electrons. The lowest BCUT2D eigenvalue weighted by Crippen LogP contribution is -2.42. The van der Waals surface area contributed by atoms with Crippen molar-refractivity contribution in [1.29, 1.82) is 0 Å². The Morgan fingerprint density at radius 2 is 1.78 bits per heavy atom. The van der Waals surface area contributed by atoms with Gasteiger partial charge in [-0.3, -0.25) is 14.9 Å². The summed E-state index contributed by atoms with van der Waals surface area (Å²) in [6, 6.07) is 16.4. The van der Waals surface area contributed by atoms with E-state index < -0.39 is 0 Å². The number of rotatable bonds is 7. The van der Waals surface area contributed by atoms with Crippen LogP contribution >= 0.6 is 12.2 Å². The number of pyridine rings is 2. The molecule has 0 radical (unpaired) electrons. The maximum atomic E-state index is 5.83. The molecule has 0 saturated carbocycles. The van der Waals surface area contributed by atoms with Gasteiger partial charge in [0.05, 0.1) is 43.2 Å². The predicted octanol–water partition coefficient (Wildman–Crippen LogP) is 2.63. The lowest BCUT2D eigenvalue weighted by molar-refractivity contribution is 0.0349. The van der Waals surface area contributed by atoms with Crippen LogP contribution in [0.2, 0.25) is 0 Å². The second kappa shape index (κ2) is 9.77. The van der Waals surface area contributed by atoms with Gasteiger partial charge in [-0.1, -0.05) is 12.1 Å². The molecule has 2 aliphatic heterocycles. The number of hydrogen-bond acceptors (Lipinski definition) is 5. The van der Waals surface area contributed by atoms with Crippen molar-refractivity contribution in [2.75, 3.05) is 39.4 Å². The summed E-state index contributed by atoms with van der Waals surface area (Å²) < 4.78 is 7.79. The minimum atomic E-state index is -0.00854. The zero-order valence-corrected chi connectivity index (χ0v) is 18.8. The summed E-state index contributed by atoms with van der Waals surface area (Å²) in [6.45, 7) is 6.08. The van der Waals surface area contributed by atoms with Gasteiger partial charge in [0.1, 0.15) is 0 Å². The number of hydrogen-bond donors (Lipinski definition) is 1. The second-order valence-electron chi connectivity index (χ2n) is 8.16. The molecular formula is C24H28N6OS. The van der Waals surface area contributed by atoms with E-state index in [1.165, 1.54) is 5.69 Å². The summed E-state index contributed by atoms with van der Waals surface area (Å²) in [4.78, 5) is 14.0. The van der Waals surface area contributed by atoms with E-state index in [2.05, 4.69) is 60.1 Å². The monoisotopic (exact) mass is 448 g/mol. The first-order valence-corrected chi connectivity index (χ1v) is 11.5. The number of morpholine rings is 1. The SMILES string of the molecule is S=C1N[C@@H](c2ccccn2)[C@H](c2cccn2Cc2ccccn2)N1CCN1CCOCC1. The lowest BCUT2D eigenvalue weighted by Gasteiger charge is -2.32. The molecule has 0 amide bonds. The standard InChI is InChI=1S/C24H28N6OS/c32-24-27-22(20-7-2-4-10-26-20)23(30(24)13-12-28-14-16-31-17-15-28)21-8-5-11-29(21)18-19-6-1-3-9-25-19/h1-11,22-23H,12-18H2,(H,27,32)/t22-,23-/m0/s1. The van der Waals surface area contributed by atoms with Gasteiger partial charge in [-0.05, 0) is 48.6 Å². The largest absolute Gasteiger partial charge is 0.379 e. The van der Waals surface area contributed by atoms with Gasteiger partial charge in [0, 0.05) is 50.5 Å². The summed E-state index contributed by atoms with van der Waals surface area (Å²) in [5.74, 6) is 0. The van der Waals surface area contributed by atoms with Crippen molar-refractivity contribution in [3.8, 4) is 0 Å². The maximum absolute atomic E-state index is 5.83. The molecule has 0 unspecified atom stereocenters. The van der Waals surface area contributed by atoms with E-state index in [1.807, 2.05) is 36.7 Å². The Balaban J connectivity index is 1.44. The number of ether oxygens (including phenoxy) is 1. The zero-order chi connectivity index (χ0) is 21.8. The molecule has 8 heteroatoms. The van der Waals surface area contributed by atoms with E-state index in [0.717, 1.165) is 62.4 Å². The van der Waals surface area contributed by atoms with Crippen molar-refractivity contribution >= 4 is 17.3 Å². The van der Waals surface area contributed by atoms with Gasteiger partial charge >= 0.3 is 0 Å². The molecule has 0 bridgehead atoms. The Labute approximate surface area is 194 Å². The van der Waals surface area contributed by atoms with Gasteiger partial charge in [0.25, 0.3) is 0 Å². The van der Waals surface area contributed by atoms with Gasteiger partial charge in [-0.2, -0.15) is 0 Å². The summed E-state index contributed by atoms with van der Waals surface area (Å²) in [7, 11) is 0. The molecule has 1 N–H and O–H groups in total. The van der Waals surface area contributed by atoms with E-state index in [4.69, 9.17) is 17.0 Å². The van der Waals surface area contributed by atoms with Crippen LogP contribution in [0.25, 0.3) is 0 Å². The molecule has 0 aromatic carbocycles. The van der Waals surface area contributed by atoms with E-state index in [1.54, 1.807) is 0 Å². The summed E-state index contributed by atoms with van der Waals surface area (Å²) >= 11 is 5.83. The highest BCUT2D eigenvalue weighted by Gasteiger charge is 2.41. The van der Waals surface area contributed by atoms with Crippen LogP contribution in [-0.2, 0) is 11.3 Å². The Morgan fingerprint density at radius 3 is 2.53 bits per heavy atom. The predicted molar refractivity (Wildman–Crippen MR) is 127 cm³/mol. The molecule has 3 aromatic rings. The van der Waals surface area contributed by atoms with Crippen LogP contribution in [0.15, 0.2) is 67.1 Å². The van der Waals surface area contributed by atoms with Crippen LogP contribution in [-0.4, -0.2) is 68.8 Å². The number of nitrogens with zero attached hydrogens (tertiary/aromatic N) is 5. The lowest BCUT2D eigenvalue weighted by atomic mass is 10.0. The van der Waals surface area contributed by atoms with Crippen LogP contribution in [0, 0.1) is 0 Å². The van der Waals surface area contributed by atoms with Gasteiger partial charge in [0.15, 0.2) is 5.11 Å². The molecule has 32 heavy (non-hydrogen) atoms. The van der Waals surface area contributed by atoms with Gasteiger partial charge < -0.3 is 19.5 Å². The van der Waals surface area contributed by atoms with E-state index in [-0.39, 0.29) is 12.1 Å². The normalized spacial score (nSPS) is 21.6. The highest BCUT2D eigenvalue weighted by atomic mass is 32.1. The molecule has 2 fully saturated rings. The third-order valence-electron chi connectivity index (χ3n) is 6.18. The third kappa shape index (κ3) is 4.53. The smallest absolute Gasteiger partial charge is 0.170 e. The van der Waals surface area contributed by atoms with Gasteiger partial charge in [-0.15, -0.1) is 0 Å². The molecule has 2 saturated heterocycles. The van der Waals surface area contributed by atoms with Crippen LogP contribution in [0.4, 0.5) is 0 Å². The maximum Gasteiger partial charge on any atom is 0.170 e. The fraction of sp³-hybridized carbons (Fsp3) is 0.375. The number of thiocarbonyl (C=S) groups is 1. The minimum Gasteiger partial charge on any atom is -0.379 e. The summed E-state index contributed by atoms with van der Waals surface area (Å²) in [6.07, 6.45) is 5.82. The van der Waals surface area contributed by atoms with E-state index in [9.17, 15) is 0 Å². The molecule has 5 rings (SSSR count). The molecule has 7 nitrogen and oxygen atoms in total. The van der Waals surface area contributed by atoms with Crippen LogP contribution in [0.1, 0.15) is 29.2 Å². The fourth-order valence-corrected chi connectivity index (χ4v) is 4.88. The first-order valence-electron chi connectivity index (χ1n) is 11.1. The molecule has 2 atom stereocenters. The highest BCUT2D eigenvalue weighted by molar-refractivity contribution is 7.80. The van der Waals surface area contributed by atoms with Crippen molar-refractivity contribution in [2.24, 2.45) is 0 Å². The van der Waals surface area contributed by atoms with Crippen molar-refractivity contribution in [3.63, 3.8) is 0 Å². The van der Waals surface area contributed by atoms with Crippen molar-refractivity contribution in [2.45, 2.75) is 18.6 Å². The third-order valence-corrected chi connectivity index (χ3v) is 6.54. The average Bonchev–Trinajstić information content (AvgIpc) is 3.43. The van der Waals surface area contributed by atoms with Gasteiger partial charge in [-0.25, -0.2) is 0 Å². The molecular weight excluding hydrogens is 420 g/mol. The summed E-state index contributed by atoms with van der Waals surface area (Å²) in [5, 5.41) is 4.34. The summed E-state index contributed by atoms with van der Waals surface area (Å²) in [5.41, 5.74) is 3.24. The fourth-order valence-electron chi connectivity index (χ4n) is 4.55. The average molecular weight is 449 g/mol. The molecule has 3 aromatic heterocycles. The molecule has 0 spiro atoms. The van der Waals surface area contributed by atoms with Crippen LogP contribution < -0.4 is 5.32 Å². The van der Waals surface area contributed by atoms with E-state index >= 15 is 0 Å². The molecule has 0 aliphatic carbocycles. The number of aromatic nitrogens is 3. The Bertz CT molecular complexity index is 1020. The second-order valence-corrected chi connectivity index (χ2v) is 8.54. The van der Waals surface area contributed by atoms with Gasteiger partial charge in [0.2, 0.25) is 0 Å². The highest BCUT2D eigenvalue weighted by Crippen LogP contribution is 2.38. The first-order chi connectivity index (χ1) is 15.8. The van der Waals surface area contributed by atoms with Crippen molar-refractivity contribution in [3.05, 3.63) is 84.2 Å². The van der Waals surface area contributed by atoms with Crippen LogP contribution in [0.3, 0.4) is 0 Å². The van der Waals surface area contributed by atoms with Crippen LogP contribution in [0.5, 0.6) is 0 Å². The Morgan fingerprint density at radius 1 is 0.969 bits per heavy atom. The molecule has 2 aliphatic rings. The minimum absolute atomic E-state index is 0.00854. The Kier molecular flexibility index (Phi) is 6.43. The van der Waals surface area contributed by atoms with E-state index in [0.29, 0.717) is 0 Å². The quantitative estimate of drug-likeness (QED) is 0.558. The number of nitrogens with one attached hydrogen (secondary N) is 1. The van der Waals surface area contributed by atoms with Crippen molar-refractivity contribution in [1.82, 2.24) is 29.7 Å². The van der Waals surface area contributed by atoms with Crippen molar-refractivity contribution < 1.29 is 4.74 Å². The Hall–Kier alpha value is -2.81. The topological polar surface area (TPSA) is 58.5 Å². The zero-order valence-electron chi connectivity index (χ0n) is 18.0. The first kappa shape index (κ1) is 21.1.